The van der Waals surface area contributed by atoms with Crippen molar-refractivity contribution in [3.63, 3.8) is 0 Å². The van der Waals surface area contributed by atoms with Crippen molar-refractivity contribution in [2.24, 2.45) is 29.1 Å². The molecule has 0 spiro atoms. The molecule has 0 radical (unpaired) electrons. The number of hydrogen-bond acceptors (Lipinski definition) is 3. The fourth-order valence-corrected chi connectivity index (χ4v) is 6.81. The van der Waals surface area contributed by atoms with Gasteiger partial charge in [-0.2, -0.15) is 0 Å². The molecule has 0 aromatic rings. The Morgan fingerprint density at radius 2 is 1.89 bits per heavy atom. The van der Waals surface area contributed by atoms with Crippen LogP contribution in [0.5, 0.6) is 0 Å². The zero-order valence-corrected chi connectivity index (χ0v) is 18.0. The number of fused-ring (bicyclic) bond motifs is 2. The molecule has 0 bridgehead atoms. The molecule has 1 saturated heterocycles. The summed E-state index contributed by atoms with van der Waals surface area (Å²) >= 11 is 0. The van der Waals surface area contributed by atoms with E-state index >= 15 is 0 Å². The number of aldehydes is 1. The van der Waals surface area contributed by atoms with Gasteiger partial charge in [-0.1, -0.05) is 46.3 Å². The molecule has 3 saturated carbocycles. The molecule has 1 N–H and O–H groups in total. The minimum atomic E-state index is -0.00357. The lowest BCUT2D eigenvalue weighted by Gasteiger charge is -2.68. The Hall–Kier alpha value is -1.22. The molecule has 0 amide bonds. The van der Waals surface area contributed by atoms with E-state index in [1.807, 2.05) is 12.9 Å². The molecule has 0 aromatic carbocycles. The fraction of sp³-hybridized carbons (Fsp3) is 0.750. The van der Waals surface area contributed by atoms with Gasteiger partial charge in [-0.05, 0) is 73.8 Å². The van der Waals surface area contributed by atoms with E-state index in [0.29, 0.717) is 17.4 Å². The van der Waals surface area contributed by atoms with Gasteiger partial charge in [0.25, 0.3) is 0 Å². The topological polar surface area (TPSA) is 46.2 Å². The van der Waals surface area contributed by atoms with E-state index in [-0.39, 0.29) is 5.54 Å². The Kier molecular flexibility index (Phi) is 7.24. The highest BCUT2D eigenvalue weighted by Crippen LogP contribution is 2.66. The van der Waals surface area contributed by atoms with Gasteiger partial charge < -0.3 is 10.1 Å². The van der Waals surface area contributed by atoms with Gasteiger partial charge >= 0.3 is 0 Å². The van der Waals surface area contributed by atoms with Gasteiger partial charge in [-0.25, -0.2) is 0 Å². The number of nitrogens with one attached hydrogen (secondary N) is 1. The summed E-state index contributed by atoms with van der Waals surface area (Å²) in [6.45, 7) is 13.4. The average molecular weight is 374 g/mol. The second kappa shape index (κ2) is 8.86. The molecule has 4 rings (SSSR count). The van der Waals surface area contributed by atoms with Crippen LogP contribution in [0.3, 0.4) is 0 Å². The second-order valence-corrected chi connectivity index (χ2v) is 9.18. The Morgan fingerprint density at radius 3 is 2.48 bits per heavy atom. The quantitative estimate of drug-likeness (QED) is 0.415. The maximum Gasteiger partial charge on any atom is 0.142 e. The molecule has 3 nitrogen and oxygen atoms in total. The van der Waals surface area contributed by atoms with Crippen LogP contribution < -0.4 is 5.32 Å². The van der Waals surface area contributed by atoms with Crippen LogP contribution in [0.1, 0.15) is 73.1 Å². The van der Waals surface area contributed by atoms with Crippen molar-refractivity contribution in [3.05, 3.63) is 23.8 Å². The predicted octanol–water partition coefficient (Wildman–Crippen LogP) is 5.11. The van der Waals surface area contributed by atoms with Crippen LogP contribution >= 0.6 is 0 Å². The highest BCUT2D eigenvalue weighted by molar-refractivity contribution is 5.68. The molecule has 0 aromatic heterocycles. The summed E-state index contributed by atoms with van der Waals surface area (Å²) in [6, 6.07) is 0.651. The van der Waals surface area contributed by atoms with Crippen LogP contribution in [0.2, 0.25) is 0 Å². The minimum absolute atomic E-state index is 0.00357. The van der Waals surface area contributed by atoms with Gasteiger partial charge in [-0.15, -0.1) is 0 Å². The van der Waals surface area contributed by atoms with E-state index in [2.05, 4.69) is 52.1 Å². The summed E-state index contributed by atoms with van der Waals surface area (Å²) in [7, 11) is 0. The van der Waals surface area contributed by atoms with E-state index in [4.69, 9.17) is 4.79 Å². The second-order valence-electron chi connectivity index (χ2n) is 9.18. The third kappa shape index (κ3) is 3.37. The van der Waals surface area contributed by atoms with Gasteiger partial charge in [0.05, 0.1) is 5.54 Å². The zero-order chi connectivity index (χ0) is 20.2. The highest BCUT2D eigenvalue weighted by Gasteiger charge is 2.67. The van der Waals surface area contributed by atoms with Crippen molar-refractivity contribution in [2.45, 2.75) is 84.7 Å². The van der Waals surface area contributed by atoms with Crippen LogP contribution in [-0.4, -0.2) is 24.7 Å². The van der Waals surface area contributed by atoms with Crippen molar-refractivity contribution in [3.8, 4) is 0 Å². The molecule has 1 aliphatic heterocycles. The largest absolute Gasteiger partial charge is 0.307 e. The van der Waals surface area contributed by atoms with Crippen LogP contribution in [0.4, 0.5) is 0 Å². The Labute approximate surface area is 166 Å². The molecule has 3 heteroatoms. The van der Waals surface area contributed by atoms with E-state index in [1.54, 1.807) is 0 Å². The Bertz CT molecular complexity index is 583. The summed E-state index contributed by atoms with van der Waals surface area (Å²) < 4.78 is 0. The van der Waals surface area contributed by atoms with E-state index in [0.717, 1.165) is 30.5 Å². The summed E-state index contributed by atoms with van der Waals surface area (Å²) in [5.74, 6) is 3.32. The van der Waals surface area contributed by atoms with Gasteiger partial charge in [-0.3, -0.25) is 4.79 Å². The van der Waals surface area contributed by atoms with Gasteiger partial charge in [0.1, 0.15) is 13.1 Å². The van der Waals surface area contributed by atoms with Crippen molar-refractivity contribution >= 4 is 13.1 Å². The molecule has 27 heavy (non-hydrogen) atoms. The third-order valence-corrected chi connectivity index (χ3v) is 7.88. The van der Waals surface area contributed by atoms with E-state index in [9.17, 15) is 4.79 Å². The number of hydrogen-bond donors (Lipinski definition) is 1. The first-order valence-corrected chi connectivity index (χ1v) is 10.8. The number of allylic oxidation sites excluding steroid dienone is 2. The summed E-state index contributed by atoms with van der Waals surface area (Å²) in [6.07, 6.45) is 15.1. The molecule has 152 valence electrons. The summed E-state index contributed by atoms with van der Waals surface area (Å²) in [4.78, 5) is 19.1. The van der Waals surface area contributed by atoms with E-state index < -0.39 is 0 Å². The van der Waals surface area contributed by atoms with Crippen LogP contribution in [0, 0.1) is 29.1 Å². The van der Waals surface area contributed by atoms with Crippen LogP contribution in [0.15, 0.2) is 23.8 Å². The van der Waals surface area contributed by atoms with Gasteiger partial charge in [0, 0.05) is 12.0 Å². The maximum atomic E-state index is 11.1. The van der Waals surface area contributed by atoms with Crippen molar-refractivity contribution in [1.82, 2.24) is 5.32 Å². The molecule has 4 fully saturated rings. The smallest absolute Gasteiger partial charge is 0.142 e. The van der Waals surface area contributed by atoms with Crippen molar-refractivity contribution in [1.29, 1.82) is 0 Å². The van der Waals surface area contributed by atoms with Gasteiger partial charge in [0.15, 0.2) is 0 Å². The standard InChI is InChI=1S/C20H29NO.C3H8.CH2O/c1-4-10-20-14(9-11-22)6-7-15-16-8-5-13(2)19(16,3)12-17(21-20)18(15)20;1-3-2;1-2/h4,9-11,13,15-18,21H,5-8,12H2,1-3H3;3H2,1-2H3;1H2/b10-4-,14-9-;;. The monoisotopic (exact) mass is 373 g/mol. The summed E-state index contributed by atoms with van der Waals surface area (Å²) in [5.41, 5.74) is 1.86. The normalized spacial score (nSPS) is 45.5. The first-order valence-electron chi connectivity index (χ1n) is 10.8. The van der Waals surface area contributed by atoms with Gasteiger partial charge in [0.2, 0.25) is 0 Å². The number of carbonyl (C=O) groups is 2. The first kappa shape index (κ1) is 22.1. The lowest BCUT2D eigenvalue weighted by Crippen LogP contribution is -2.78. The Morgan fingerprint density at radius 1 is 1.22 bits per heavy atom. The molecule has 7 unspecified atom stereocenters. The first-order chi connectivity index (χ1) is 13.0. The SMILES string of the molecule is C/C=C\C12NC3CC4(C)C(C)CCC4C(CC/C1=C/C=O)C32.C=O.CCC. The Balaban J connectivity index is 0.000000478. The van der Waals surface area contributed by atoms with Crippen molar-refractivity contribution in [2.75, 3.05) is 0 Å². The zero-order valence-electron chi connectivity index (χ0n) is 18.0. The maximum absolute atomic E-state index is 11.1. The number of rotatable bonds is 2. The van der Waals surface area contributed by atoms with Crippen LogP contribution in [0.25, 0.3) is 0 Å². The van der Waals surface area contributed by atoms with Crippen LogP contribution in [-0.2, 0) is 9.59 Å². The third-order valence-electron chi connectivity index (χ3n) is 7.88. The van der Waals surface area contributed by atoms with E-state index in [1.165, 1.54) is 37.7 Å². The summed E-state index contributed by atoms with van der Waals surface area (Å²) in [5, 5.41) is 3.91. The lowest BCUT2D eigenvalue weighted by atomic mass is 9.44. The molecular formula is C24H39NO2. The molecule has 7 atom stereocenters. The molecule has 3 aliphatic carbocycles. The minimum Gasteiger partial charge on any atom is -0.307 e. The molecule has 4 aliphatic rings. The molecular weight excluding hydrogens is 334 g/mol. The molecule has 1 heterocycles. The predicted molar refractivity (Wildman–Crippen MR) is 113 cm³/mol. The lowest BCUT2D eigenvalue weighted by molar-refractivity contribution is -0.107. The number of carbonyl (C=O) groups excluding carboxylic acids is 2. The average Bonchev–Trinajstić information content (AvgIpc) is 2.94. The fourth-order valence-electron chi connectivity index (χ4n) is 6.81. The highest BCUT2D eigenvalue weighted by atomic mass is 16.1. The van der Waals surface area contributed by atoms with Crippen molar-refractivity contribution < 1.29 is 9.59 Å².